The molecular weight excluding hydrogens is 546 g/mol. The molecule has 3 aliphatic rings. The normalized spacial score (nSPS) is 22.7. The summed E-state index contributed by atoms with van der Waals surface area (Å²) >= 11 is 0. The number of carbonyl (C=O) groups excluding carboxylic acids is 2. The van der Waals surface area contributed by atoms with E-state index in [2.05, 4.69) is 24.1 Å². The van der Waals surface area contributed by atoms with E-state index in [0.717, 1.165) is 50.5 Å². The molecule has 2 aromatic carbocycles. The lowest BCUT2D eigenvalue weighted by Crippen LogP contribution is -2.75. The smallest absolute Gasteiger partial charge is 0.335 e. The van der Waals surface area contributed by atoms with Gasteiger partial charge in [0.15, 0.2) is 0 Å². The molecule has 9 heteroatoms. The lowest BCUT2D eigenvalue weighted by molar-refractivity contribution is -0.166. The Labute approximate surface area is 254 Å². The minimum absolute atomic E-state index is 0.0574. The number of hydrogen-bond acceptors (Lipinski definition) is 6. The number of piperazine rings is 1. The van der Waals surface area contributed by atoms with Crippen LogP contribution in [0.15, 0.2) is 48.5 Å². The van der Waals surface area contributed by atoms with Crippen molar-refractivity contribution in [1.82, 2.24) is 15.1 Å². The Kier molecular flexibility index (Phi) is 9.72. The minimum Gasteiger partial charge on any atom is -0.478 e. The first kappa shape index (κ1) is 31.0. The number of carboxylic acids is 1. The molecule has 2 unspecified atom stereocenters. The SMILES string of the molecule is CCCCN1C(=O)[C@@H](C(O)C2CCCCC2)NC(=O)C12CCN(C(C)c1ccc(Oc3ccc(C(=O)O)cc3)cc1)CC2. The van der Waals surface area contributed by atoms with Gasteiger partial charge in [-0.1, -0.05) is 44.7 Å². The number of hydrogen-bond donors (Lipinski definition) is 3. The highest BCUT2D eigenvalue weighted by Crippen LogP contribution is 2.38. The fraction of sp³-hybridized carbons (Fsp3) is 0.559. The van der Waals surface area contributed by atoms with E-state index in [9.17, 15) is 19.5 Å². The van der Waals surface area contributed by atoms with E-state index in [-0.39, 0.29) is 29.3 Å². The molecule has 2 aliphatic heterocycles. The Bertz CT molecular complexity index is 1270. The van der Waals surface area contributed by atoms with Gasteiger partial charge in [-0.3, -0.25) is 14.5 Å². The lowest BCUT2D eigenvalue weighted by Gasteiger charge is -2.53. The molecular formula is C34H45N3O6. The van der Waals surface area contributed by atoms with Gasteiger partial charge in [-0.2, -0.15) is 0 Å². The Balaban J connectivity index is 1.23. The van der Waals surface area contributed by atoms with Crippen LogP contribution in [0.1, 0.15) is 93.6 Å². The first-order valence-electron chi connectivity index (χ1n) is 15.9. The number of ether oxygens (including phenoxy) is 1. The number of likely N-dealkylation sites (tertiary alicyclic amines) is 1. The fourth-order valence-corrected chi connectivity index (χ4v) is 7.06. The average molecular weight is 592 g/mol. The molecule has 0 radical (unpaired) electrons. The molecule has 2 saturated heterocycles. The van der Waals surface area contributed by atoms with Gasteiger partial charge in [0.1, 0.15) is 23.1 Å². The molecule has 1 saturated carbocycles. The van der Waals surface area contributed by atoms with Crippen LogP contribution in [-0.4, -0.2) is 75.1 Å². The quantitative estimate of drug-likeness (QED) is 0.350. The summed E-state index contributed by atoms with van der Waals surface area (Å²) in [5.74, 6) is 0.0609. The summed E-state index contributed by atoms with van der Waals surface area (Å²) < 4.78 is 5.89. The number of nitrogens with zero attached hydrogens (tertiary/aromatic N) is 2. The number of benzene rings is 2. The molecule has 43 heavy (non-hydrogen) atoms. The second-order valence-electron chi connectivity index (χ2n) is 12.4. The number of aliphatic hydroxyl groups is 1. The first-order chi connectivity index (χ1) is 20.7. The molecule has 5 rings (SSSR count). The van der Waals surface area contributed by atoms with E-state index >= 15 is 0 Å². The second-order valence-corrected chi connectivity index (χ2v) is 12.4. The van der Waals surface area contributed by atoms with Crippen LogP contribution in [0.3, 0.4) is 0 Å². The molecule has 0 aromatic heterocycles. The zero-order chi connectivity index (χ0) is 30.6. The third-order valence-electron chi connectivity index (χ3n) is 9.84. The van der Waals surface area contributed by atoms with E-state index in [1.165, 1.54) is 12.1 Å². The van der Waals surface area contributed by atoms with Crippen LogP contribution in [0.25, 0.3) is 0 Å². The van der Waals surface area contributed by atoms with Gasteiger partial charge >= 0.3 is 5.97 Å². The summed E-state index contributed by atoms with van der Waals surface area (Å²) in [7, 11) is 0. The van der Waals surface area contributed by atoms with Gasteiger partial charge in [-0.15, -0.1) is 0 Å². The maximum absolute atomic E-state index is 13.9. The van der Waals surface area contributed by atoms with Crippen molar-refractivity contribution >= 4 is 17.8 Å². The predicted molar refractivity (Wildman–Crippen MR) is 163 cm³/mol. The third-order valence-corrected chi connectivity index (χ3v) is 9.84. The molecule has 2 heterocycles. The Morgan fingerprint density at radius 3 is 2.19 bits per heavy atom. The third kappa shape index (κ3) is 6.58. The van der Waals surface area contributed by atoms with Crippen LogP contribution < -0.4 is 10.1 Å². The highest BCUT2D eigenvalue weighted by Gasteiger charge is 2.55. The number of carbonyl (C=O) groups is 3. The Hall–Kier alpha value is -3.43. The molecule has 232 valence electrons. The maximum atomic E-state index is 13.9. The van der Waals surface area contributed by atoms with Crippen LogP contribution in [0.5, 0.6) is 11.5 Å². The van der Waals surface area contributed by atoms with Crippen LogP contribution in [0.2, 0.25) is 0 Å². The van der Waals surface area contributed by atoms with E-state index in [4.69, 9.17) is 9.84 Å². The van der Waals surface area contributed by atoms with Crippen molar-refractivity contribution in [3.05, 3.63) is 59.7 Å². The molecule has 3 N–H and O–H groups in total. The molecule has 3 atom stereocenters. The lowest BCUT2D eigenvalue weighted by atomic mass is 9.77. The highest BCUT2D eigenvalue weighted by atomic mass is 16.5. The van der Waals surface area contributed by atoms with Gasteiger partial charge in [0.2, 0.25) is 11.8 Å². The zero-order valence-corrected chi connectivity index (χ0v) is 25.3. The number of aliphatic hydroxyl groups excluding tert-OH is 1. The fourth-order valence-electron chi connectivity index (χ4n) is 7.06. The van der Waals surface area contributed by atoms with Gasteiger partial charge in [0, 0.05) is 25.7 Å². The number of aromatic carboxylic acids is 1. The maximum Gasteiger partial charge on any atom is 0.335 e. The van der Waals surface area contributed by atoms with Gasteiger partial charge < -0.3 is 25.2 Å². The van der Waals surface area contributed by atoms with Crippen LogP contribution in [-0.2, 0) is 9.59 Å². The summed E-state index contributed by atoms with van der Waals surface area (Å²) in [5.41, 5.74) is 0.450. The molecule has 0 bridgehead atoms. The topological polar surface area (TPSA) is 119 Å². The van der Waals surface area contributed by atoms with E-state index in [1.54, 1.807) is 12.1 Å². The standard InChI is InChI=1S/C34H45N3O6/c1-3-4-20-37-31(39)29(30(38)25-8-6-5-7-9-25)35-33(42)34(37)18-21-36(22-19-34)23(2)24-10-14-27(15-11-24)43-28-16-12-26(13-17-28)32(40)41/h10-17,23,25,29-30,38H,3-9,18-22H2,1-2H3,(H,35,42)(H,40,41)/t23?,29-,30?/m1/s1. The molecule has 2 amide bonds. The van der Waals surface area contributed by atoms with Crippen molar-refractivity contribution in [2.24, 2.45) is 5.92 Å². The van der Waals surface area contributed by atoms with Crippen molar-refractivity contribution < 1.29 is 29.3 Å². The van der Waals surface area contributed by atoms with Crippen molar-refractivity contribution in [2.45, 2.75) is 95.4 Å². The van der Waals surface area contributed by atoms with E-state index in [1.807, 2.05) is 29.2 Å². The highest BCUT2D eigenvalue weighted by molar-refractivity contribution is 6.00. The summed E-state index contributed by atoms with van der Waals surface area (Å²) in [6, 6.07) is 13.4. The molecule has 1 aliphatic carbocycles. The summed E-state index contributed by atoms with van der Waals surface area (Å²) in [5, 5.41) is 23.3. The van der Waals surface area contributed by atoms with Crippen molar-refractivity contribution in [3.63, 3.8) is 0 Å². The minimum atomic E-state index is -0.976. The van der Waals surface area contributed by atoms with Crippen molar-refractivity contribution in [2.75, 3.05) is 19.6 Å². The van der Waals surface area contributed by atoms with Gasteiger partial charge in [-0.05, 0) is 86.9 Å². The molecule has 9 nitrogen and oxygen atoms in total. The van der Waals surface area contributed by atoms with Crippen LogP contribution in [0, 0.1) is 5.92 Å². The molecule has 1 spiro atoms. The number of nitrogens with one attached hydrogen (secondary N) is 1. The molecule has 3 fully saturated rings. The number of carboxylic acid groups (broad SMARTS) is 1. The van der Waals surface area contributed by atoms with E-state index in [0.29, 0.717) is 44.0 Å². The van der Waals surface area contributed by atoms with Gasteiger partial charge in [0.05, 0.1) is 11.7 Å². The summed E-state index contributed by atoms with van der Waals surface area (Å²) in [4.78, 5) is 42.9. The zero-order valence-electron chi connectivity index (χ0n) is 25.3. The second kappa shape index (κ2) is 13.5. The number of piperidine rings is 1. The van der Waals surface area contributed by atoms with E-state index < -0.39 is 23.7 Å². The number of amides is 2. The summed E-state index contributed by atoms with van der Waals surface area (Å²) in [6.45, 7) is 6.12. The monoisotopic (exact) mass is 591 g/mol. The van der Waals surface area contributed by atoms with Gasteiger partial charge in [0.25, 0.3) is 0 Å². The predicted octanol–water partition coefficient (Wildman–Crippen LogP) is 5.14. The largest absolute Gasteiger partial charge is 0.478 e. The summed E-state index contributed by atoms with van der Waals surface area (Å²) in [6.07, 6.45) is 7.11. The van der Waals surface area contributed by atoms with Gasteiger partial charge in [-0.25, -0.2) is 4.79 Å². The first-order valence-corrected chi connectivity index (χ1v) is 15.9. The Morgan fingerprint density at radius 1 is 1.00 bits per heavy atom. The Morgan fingerprint density at radius 2 is 1.60 bits per heavy atom. The number of unbranched alkanes of at least 4 members (excludes halogenated alkanes) is 1. The van der Waals surface area contributed by atoms with Crippen molar-refractivity contribution in [3.8, 4) is 11.5 Å². The van der Waals surface area contributed by atoms with Crippen molar-refractivity contribution in [1.29, 1.82) is 0 Å². The number of rotatable bonds is 10. The van der Waals surface area contributed by atoms with Crippen LogP contribution in [0.4, 0.5) is 0 Å². The van der Waals surface area contributed by atoms with Crippen LogP contribution >= 0.6 is 0 Å². The molecule has 2 aromatic rings. The average Bonchev–Trinajstić information content (AvgIpc) is 3.03.